The molecule has 2 amide bonds. The van der Waals surface area contributed by atoms with Crippen LogP contribution in [0.15, 0.2) is 77.7 Å². The van der Waals surface area contributed by atoms with E-state index in [0.717, 1.165) is 16.3 Å². The van der Waals surface area contributed by atoms with Crippen LogP contribution < -0.4 is 19.1 Å². The van der Waals surface area contributed by atoms with Crippen molar-refractivity contribution in [1.29, 1.82) is 0 Å². The summed E-state index contributed by atoms with van der Waals surface area (Å²) >= 11 is 6.06. The molecule has 0 aliphatic rings. The number of anilines is 1. The van der Waals surface area contributed by atoms with Crippen LogP contribution in [0.3, 0.4) is 0 Å². The summed E-state index contributed by atoms with van der Waals surface area (Å²) in [5.41, 5.74) is 1.00. The molecule has 3 rings (SSSR count). The molecule has 3 aromatic carbocycles. The summed E-state index contributed by atoms with van der Waals surface area (Å²) in [5, 5.41) is 3.23. The Bertz CT molecular complexity index is 1380. The summed E-state index contributed by atoms with van der Waals surface area (Å²) in [5.74, 6) is 0.252. The van der Waals surface area contributed by atoms with Crippen LogP contribution in [0.4, 0.5) is 5.69 Å². The Morgan fingerprint density at radius 3 is 1.98 bits per heavy atom. The molecule has 0 unspecified atom stereocenters. The lowest BCUT2D eigenvalue weighted by molar-refractivity contribution is -0.139. The molecule has 11 heteroatoms. The summed E-state index contributed by atoms with van der Waals surface area (Å²) in [6.45, 7) is 3.55. The van der Waals surface area contributed by atoms with Crippen LogP contribution in [0.5, 0.6) is 11.5 Å². The van der Waals surface area contributed by atoms with Crippen molar-refractivity contribution in [1.82, 2.24) is 10.2 Å². The Balaban J connectivity index is 2.00. The van der Waals surface area contributed by atoms with Crippen molar-refractivity contribution >= 4 is 39.1 Å². The van der Waals surface area contributed by atoms with Crippen LogP contribution >= 0.6 is 11.6 Å². The number of nitrogens with zero attached hydrogens (tertiary/aromatic N) is 2. The lowest BCUT2D eigenvalue weighted by atomic mass is 10.1. The molecule has 40 heavy (non-hydrogen) atoms. The third kappa shape index (κ3) is 7.67. The maximum absolute atomic E-state index is 13.9. The van der Waals surface area contributed by atoms with Gasteiger partial charge in [-0.15, -0.1) is 0 Å². The van der Waals surface area contributed by atoms with Gasteiger partial charge in [-0.3, -0.25) is 13.9 Å². The molecule has 0 spiro atoms. The van der Waals surface area contributed by atoms with E-state index in [-0.39, 0.29) is 23.0 Å². The van der Waals surface area contributed by atoms with Crippen molar-refractivity contribution in [3.8, 4) is 11.5 Å². The van der Waals surface area contributed by atoms with Crippen molar-refractivity contribution in [2.45, 2.75) is 37.8 Å². The van der Waals surface area contributed by atoms with Gasteiger partial charge >= 0.3 is 0 Å². The highest BCUT2D eigenvalue weighted by molar-refractivity contribution is 7.92. The number of carbonyl (C=O) groups excluding carboxylic acids is 2. The standard InChI is InChI=1S/C29H34ClN3O6S/c1-5-18-31-29(35)21(2)32(19-22-6-12-25(38-3)13-7-22)28(34)20-33(24-10-8-23(30)9-11-24)40(36,37)27-16-14-26(39-4)15-17-27/h6-17,21H,5,18-20H2,1-4H3,(H,31,35)/t21-/m0/s1. The molecule has 214 valence electrons. The second-order valence-corrected chi connectivity index (χ2v) is 11.3. The number of hydrogen-bond donors (Lipinski definition) is 1. The zero-order valence-electron chi connectivity index (χ0n) is 23.0. The Morgan fingerprint density at radius 1 is 0.900 bits per heavy atom. The van der Waals surface area contributed by atoms with Crippen LogP contribution in [0.2, 0.25) is 5.02 Å². The van der Waals surface area contributed by atoms with E-state index in [4.69, 9.17) is 21.1 Å². The number of carbonyl (C=O) groups is 2. The highest BCUT2D eigenvalue weighted by Crippen LogP contribution is 2.27. The number of amides is 2. The van der Waals surface area contributed by atoms with Crippen LogP contribution in [0.1, 0.15) is 25.8 Å². The van der Waals surface area contributed by atoms with E-state index < -0.39 is 28.5 Å². The summed E-state index contributed by atoms with van der Waals surface area (Å²) in [6.07, 6.45) is 0.731. The normalized spacial score (nSPS) is 11.8. The minimum Gasteiger partial charge on any atom is -0.497 e. The first-order valence-corrected chi connectivity index (χ1v) is 14.5. The average molecular weight is 588 g/mol. The first-order chi connectivity index (χ1) is 19.1. The molecular formula is C29H34ClN3O6S. The number of halogens is 1. The fraction of sp³-hybridized carbons (Fsp3) is 0.310. The zero-order valence-corrected chi connectivity index (χ0v) is 24.5. The quantitative estimate of drug-likeness (QED) is 0.316. The predicted molar refractivity (Wildman–Crippen MR) is 155 cm³/mol. The molecule has 1 atom stereocenters. The SMILES string of the molecule is CCCNC(=O)[C@H](C)N(Cc1ccc(OC)cc1)C(=O)CN(c1ccc(Cl)cc1)S(=O)(=O)c1ccc(OC)cc1. The monoisotopic (exact) mass is 587 g/mol. The Hall–Kier alpha value is -3.76. The van der Waals surface area contributed by atoms with Gasteiger partial charge in [0, 0.05) is 18.1 Å². The van der Waals surface area contributed by atoms with Crippen molar-refractivity contribution < 1.29 is 27.5 Å². The average Bonchev–Trinajstić information content (AvgIpc) is 2.97. The van der Waals surface area contributed by atoms with Gasteiger partial charge < -0.3 is 19.7 Å². The Labute approximate surface area is 240 Å². The number of hydrogen-bond acceptors (Lipinski definition) is 6. The molecule has 0 bridgehead atoms. The molecule has 0 aliphatic carbocycles. The van der Waals surface area contributed by atoms with E-state index in [9.17, 15) is 18.0 Å². The van der Waals surface area contributed by atoms with Crippen molar-refractivity contribution in [2.24, 2.45) is 0 Å². The fourth-order valence-electron chi connectivity index (χ4n) is 3.92. The summed E-state index contributed by atoms with van der Waals surface area (Å²) in [7, 11) is -1.15. The summed E-state index contributed by atoms with van der Waals surface area (Å²) < 4.78 is 39.1. The molecule has 0 fully saturated rings. The Kier molecular flexibility index (Phi) is 10.8. The third-order valence-electron chi connectivity index (χ3n) is 6.27. The van der Waals surface area contributed by atoms with Gasteiger partial charge in [-0.05, 0) is 79.6 Å². The highest BCUT2D eigenvalue weighted by atomic mass is 35.5. The van der Waals surface area contributed by atoms with E-state index in [1.165, 1.54) is 48.4 Å². The van der Waals surface area contributed by atoms with Crippen molar-refractivity contribution in [3.05, 3.63) is 83.4 Å². The van der Waals surface area contributed by atoms with Crippen LogP contribution in [-0.2, 0) is 26.2 Å². The van der Waals surface area contributed by atoms with E-state index in [1.54, 1.807) is 50.4 Å². The van der Waals surface area contributed by atoms with E-state index in [2.05, 4.69) is 5.32 Å². The maximum atomic E-state index is 13.9. The Morgan fingerprint density at radius 2 is 1.45 bits per heavy atom. The second-order valence-electron chi connectivity index (χ2n) is 9.00. The van der Waals surface area contributed by atoms with E-state index in [1.807, 2.05) is 6.92 Å². The van der Waals surface area contributed by atoms with Gasteiger partial charge in [0.25, 0.3) is 10.0 Å². The lowest BCUT2D eigenvalue weighted by Gasteiger charge is -2.32. The fourth-order valence-corrected chi connectivity index (χ4v) is 5.46. The largest absolute Gasteiger partial charge is 0.497 e. The number of benzene rings is 3. The molecule has 0 saturated carbocycles. The number of ether oxygens (including phenoxy) is 2. The summed E-state index contributed by atoms with van der Waals surface area (Å²) in [6, 6.07) is 18.3. The van der Waals surface area contributed by atoms with Gasteiger partial charge in [0.15, 0.2) is 0 Å². The molecule has 0 radical (unpaired) electrons. The van der Waals surface area contributed by atoms with Gasteiger partial charge in [-0.1, -0.05) is 30.7 Å². The number of nitrogens with one attached hydrogen (secondary N) is 1. The highest BCUT2D eigenvalue weighted by Gasteiger charge is 2.32. The first-order valence-electron chi connectivity index (χ1n) is 12.7. The predicted octanol–water partition coefficient (Wildman–Crippen LogP) is 4.50. The summed E-state index contributed by atoms with van der Waals surface area (Å²) in [4.78, 5) is 28.2. The van der Waals surface area contributed by atoms with Gasteiger partial charge in [0.05, 0.1) is 24.8 Å². The van der Waals surface area contributed by atoms with Crippen molar-refractivity contribution in [2.75, 3.05) is 31.6 Å². The van der Waals surface area contributed by atoms with Gasteiger partial charge in [-0.2, -0.15) is 0 Å². The molecule has 1 N–H and O–H groups in total. The topological polar surface area (TPSA) is 105 Å². The second kappa shape index (κ2) is 14.0. The van der Waals surface area contributed by atoms with Gasteiger partial charge in [0.1, 0.15) is 24.1 Å². The smallest absolute Gasteiger partial charge is 0.264 e. The van der Waals surface area contributed by atoms with Crippen LogP contribution in [0.25, 0.3) is 0 Å². The lowest BCUT2D eigenvalue weighted by Crippen LogP contribution is -2.51. The van der Waals surface area contributed by atoms with Crippen LogP contribution in [0, 0.1) is 0 Å². The number of rotatable bonds is 13. The first kappa shape index (κ1) is 30.8. The molecule has 9 nitrogen and oxygen atoms in total. The van der Waals surface area contributed by atoms with E-state index >= 15 is 0 Å². The minimum absolute atomic E-state index is 0.0218. The minimum atomic E-state index is -4.19. The number of methoxy groups -OCH3 is 2. The molecule has 0 heterocycles. The maximum Gasteiger partial charge on any atom is 0.264 e. The molecular weight excluding hydrogens is 554 g/mol. The molecule has 0 saturated heterocycles. The van der Waals surface area contributed by atoms with Gasteiger partial charge in [-0.25, -0.2) is 8.42 Å². The third-order valence-corrected chi connectivity index (χ3v) is 8.31. The van der Waals surface area contributed by atoms with Crippen LogP contribution in [-0.4, -0.2) is 58.5 Å². The van der Waals surface area contributed by atoms with Gasteiger partial charge in [0.2, 0.25) is 11.8 Å². The van der Waals surface area contributed by atoms with Crippen molar-refractivity contribution in [3.63, 3.8) is 0 Å². The molecule has 3 aromatic rings. The molecule has 0 aliphatic heterocycles. The zero-order chi connectivity index (χ0) is 29.3. The number of sulfonamides is 1. The van der Waals surface area contributed by atoms with E-state index in [0.29, 0.717) is 23.1 Å². The molecule has 0 aromatic heterocycles.